The molecule has 1 saturated heterocycles. The van der Waals surface area contributed by atoms with Crippen LogP contribution < -0.4 is 5.32 Å². The maximum absolute atomic E-state index is 12.7. The largest absolute Gasteiger partial charge is 0.339 e. The van der Waals surface area contributed by atoms with Crippen LogP contribution in [0.4, 0.5) is 5.69 Å². The van der Waals surface area contributed by atoms with E-state index in [0.717, 1.165) is 31.4 Å². The van der Waals surface area contributed by atoms with Gasteiger partial charge in [0.1, 0.15) is 0 Å². The predicted octanol–water partition coefficient (Wildman–Crippen LogP) is 3.84. The van der Waals surface area contributed by atoms with Crippen molar-refractivity contribution in [1.82, 2.24) is 9.80 Å². The maximum Gasteiger partial charge on any atom is 0.253 e. The molecule has 1 fully saturated rings. The van der Waals surface area contributed by atoms with E-state index >= 15 is 0 Å². The van der Waals surface area contributed by atoms with E-state index in [-0.39, 0.29) is 23.6 Å². The molecule has 6 heteroatoms. The molecule has 1 N–H and O–H groups in total. The molecule has 6 nitrogen and oxygen atoms in total. The van der Waals surface area contributed by atoms with E-state index in [1.165, 1.54) is 6.92 Å². The van der Waals surface area contributed by atoms with Gasteiger partial charge in [0, 0.05) is 35.9 Å². The summed E-state index contributed by atoms with van der Waals surface area (Å²) in [6, 6.07) is 16.7. The van der Waals surface area contributed by atoms with Gasteiger partial charge in [-0.1, -0.05) is 37.3 Å². The Labute approximate surface area is 184 Å². The van der Waals surface area contributed by atoms with Gasteiger partial charge in [-0.3, -0.25) is 19.3 Å². The molecule has 0 bridgehead atoms. The number of carbonyl (C=O) groups excluding carboxylic acids is 3. The topological polar surface area (TPSA) is 69.7 Å². The fourth-order valence-electron chi connectivity index (χ4n) is 4.08. The lowest BCUT2D eigenvalue weighted by Crippen LogP contribution is -2.49. The zero-order chi connectivity index (χ0) is 22.2. The van der Waals surface area contributed by atoms with Gasteiger partial charge in [-0.15, -0.1) is 0 Å². The minimum atomic E-state index is -0.0862. The number of rotatable bonds is 8. The third kappa shape index (κ3) is 6.25. The molecule has 1 aliphatic heterocycles. The van der Waals surface area contributed by atoms with Gasteiger partial charge in [-0.2, -0.15) is 0 Å². The Morgan fingerprint density at radius 2 is 1.68 bits per heavy atom. The van der Waals surface area contributed by atoms with Crippen molar-refractivity contribution < 1.29 is 14.4 Å². The molecule has 1 heterocycles. The summed E-state index contributed by atoms with van der Waals surface area (Å²) in [5.41, 5.74) is 1.94. The number of Topliss-reactive ketones (excluding diaryl/α,β-unsaturated/α-hetero) is 1. The van der Waals surface area contributed by atoms with Crippen LogP contribution in [-0.4, -0.2) is 59.6 Å². The number of carbonyl (C=O) groups is 3. The zero-order valence-electron chi connectivity index (χ0n) is 18.3. The van der Waals surface area contributed by atoms with Crippen molar-refractivity contribution >= 4 is 23.3 Å². The van der Waals surface area contributed by atoms with Crippen LogP contribution >= 0.6 is 0 Å². The van der Waals surface area contributed by atoms with Crippen molar-refractivity contribution in [1.29, 1.82) is 0 Å². The minimum Gasteiger partial charge on any atom is -0.339 e. The normalized spacial score (nSPS) is 14.5. The highest BCUT2D eigenvalue weighted by molar-refractivity contribution is 5.97. The molecule has 0 radical (unpaired) electrons. The number of anilines is 1. The molecular formula is C25H31N3O3. The van der Waals surface area contributed by atoms with Crippen molar-refractivity contribution in [2.75, 3.05) is 31.5 Å². The van der Waals surface area contributed by atoms with Gasteiger partial charge >= 0.3 is 0 Å². The first-order valence-corrected chi connectivity index (χ1v) is 11.0. The summed E-state index contributed by atoms with van der Waals surface area (Å²) >= 11 is 0. The summed E-state index contributed by atoms with van der Waals surface area (Å²) in [4.78, 5) is 41.1. The molecule has 1 aliphatic rings. The van der Waals surface area contributed by atoms with Crippen LogP contribution in [0.15, 0.2) is 54.6 Å². The van der Waals surface area contributed by atoms with Gasteiger partial charge in [0.05, 0.1) is 6.54 Å². The smallest absolute Gasteiger partial charge is 0.253 e. The van der Waals surface area contributed by atoms with E-state index in [1.807, 2.05) is 35.2 Å². The van der Waals surface area contributed by atoms with Gasteiger partial charge in [0.15, 0.2) is 5.78 Å². The van der Waals surface area contributed by atoms with Crippen LogP contribution in [0.5, 0.6) is 0 Å². The molecule has 3 rings (SSSR count). The van der Waals surface area contributed by atoms with Crippen molar-refractivity contribution in [3.63, 3.8) is 0 Å². The third-order valence-corrected chi connectivity index (χ3v) is 5.70. The number of hydrogen-bond donors (Lipinski definition) is 1. The summed E-state index contributed by atoms with van der Waals surface area (Å²) < 4.78 is 0. The molecular weight excluding hydrogens is 390 g/mol. The number of hydrogen-bond acceptors (Lipinski definition) is 4. The first-order valence-electron chi connectivity index (χ1n) is 11.0. The second-order valence-corrected chi connectivity index (χ2v) is 8.05. The van der Waals surface area contributed by atoms with Crippen molar-refractivity contribution in [3.05, 3.63) is 65.7 Å². The lowest BCUT2D eigenvalue weighted by molar-refractivity contribution is -0.118. The number of amides is 2. The fraction of sp³-hybridized carbons (Fsp3) is 0.400. The quantitative estimate of drug-likeness (QED) is 0.658. The van der Waals surface area contributed by atoms with Crippen molar-refractivity contribution in [2.45, 2.75) is 39.2 Å². The maximum atomic E-state index is 12.7. The van der Waals surface area contributed by atoms with E-state index in [0.29, 0.717) is 30.9 Å². The number of nitrogens with zero attached hydrogens (tertiary/aromatic N) is 2. The Hall–Kier alpha value is -2.99. The van der Waals surface area contributed by atoms with E-state index in [2.05, 4.69) is 17.1 Å². The molecule has 0 saturated carbocycles. The second-order valence-electron chi connectivity index (χ2n) is 8.05. The fourth-order valence-corrected chi connectivity index (χ4v) is 4.08. The minimum absolute atomic E-state index is 0.0273. The van der Waals surface area contributed by atoms with Crippen LogP contribution in [0.3, 0.4) is 0 Å². The molecule has 0 spiro atoms. The Kier molecular flexibility index (Phi) is 7.95. The Bertz CT molecular complexity index is 905. The van der Waals surface area contributed by atoms with Crippen LogP contribution in [0, 0.1) is 0 Å². The number of benzene rings is 2. The Balaban J connectivity index is 1.56. The van der Waals surface area contributed by atoms with Crippen LogP contribution in [0.1, 0.15) is 53.8 Å². The van der Waals surface area contributed by atoms with Gasteiger partial charge in [0.25, 0.3) is 5.91 Å². The summed E-state index contributed by atoms with van der Waals surface area (Å²) in [6.07, 6.45) is 2.66. The number of piperidine rings is 1. The first-order chi connectivity index (χ1) is 15.0. The lowest BCUT2D eigenvalue weighted by atomic mass is 10.0. The molecule has 2 aromatic carbocycles. The molecule has 164 valence electrons. The van der Waals surface area contributed by atoms with E-state index in [1.54, 1.807) is 24.3 Å². The summed E-state index contributed by atoms with van der Waals surface area (Å²) in [7, 11) is 0. The molecule has 2 aromatic rings. The molecule has 0 aromatic heterocycles. The van der Waals surface area contributed by atoms with Crippen LogP contribution in [-0.2, 0) is 4.79 Å². The first kappa shape index (κ1) is 22.7. The Morgan fingerprint density at radius 1 is 1.00 bits per heavy atom. The average molecular weight is 422 g/mol. The van der Waals surface area contributed by atoms with Gasteiger partial charge in [-0.25, -0.2) is 0 Å². The van der Waals surface area contributed by atoms with Crippen LogP contribution in [0.25, 0.3) is 0 Å². The molecule has 0 unspecified atom stereocenters. The predicted molar refractivity (Wildman–Crippen MR) is 122 cm³/mol. The van der Waals surface area contributed by atoms with Crippen molar-refractivity contribution in [3.8, 4) is 0 Å². The van der Waals surface area contributed by atoms with Gasteiger partial charge in [-0.05, 0) is 57.0 Å². The van der Waals surface area contributed by atoms with Crippen LogP contribution in [0.2, 0.25) is 0 Å². The highest BCUT2D eigenvalue weighted by Crippen LogP contribution is 2.19. The molecule has 31 heavy (non-hydrogen) atoms. The number of nitrogens with one attached hydrogen (secondary N) is 1. The van der Waals surface area contributed by atoms with E-state index in [4.69, 9.17) is 0 Å². The average Bonchev–Trinajstić information content (AvgIpc) is 2.79. The molecule has 2 amide bonds. The summed E-state index contributed by atoms with van der Waals surface area (Å²) in [6.45, 7) is 6.14. The van der Waals surface area contributed by atoms with E-state index in [9.17, 15) is 14.4 Å². The number of ketones is 1. The SMILES string of the molecule is CCCN(CC(=O)Nc1cccc(C(C)=O)c1)C1CCN(C(=O)c2ccccc2)CC1. The second kappa shape index (κ2) is 10.9. The monoisotopic (exact) mass is 421 g/mol. The Morgan fingerprint density at radius 3 is 2.32 bits per heavy atom. The lowest BCUT2D eigenvalue weighted by Gasteiger charge is -2.38. The van der Waals surface area contributed by atoms with Gasteiger partial charge < -0.3 is 10.2 Å². The zero-order valence-corrected chi connectivity index (χ0v) is 18.3. The summed E-state index contributed by atoms with van der Waals surface area (Å²) in [5.74, 6) is -0.0401. The van der Waals surface area contributed by atoms with Gasteiger partial charge in [0.2, 0.25) is 5.91 Å². The molecule has 0 atom stereocenters. The third-order valence-electron chi connectivity index (χ3n) is 5.70. The van der Waals surface area contributed by atoms with Crippen molar-refractivity contribution in [2.24, 2.45) is 0 Å². The number of likely N-dealkylation sites (tertiary alicyclic amines) is 1. The van der Waals surface area contributed by atoms with E-state index < -0.39 is 0 Å². The highest BCUT2D eigenvalue weighted by atomic mass is 16.2. The standard InChI is InChI=1S/C25H31N3O3/c1-3-14-28(18-24(30)26-22-11-7-10-21(17-22)19(2)29)23-12-15-27(16-13-23)25(31)20-8-5-4-6-9-20/h4-11,17,23H,3,12-16,18H2,1-2H3,(H,26,30). The molecule has 0 aliphatic carbocycles. The summed E-state index contributed by atoms with van der Waals surface area (Å²) in [5, 5.41) is 2.92. The highest BCUT2D eigenvalue weighted by Gasteiger charge is 2.28.